The summed E-state index contributed by atoms with van der Waals surface area (Å²) in [6.07, 6.45) is 5.44. The molecule has 1 aliphatic carbocycles. The van der Waals surface area contributed by atoms with Crippen LogP contribution in [0.1, 0.15) is 60.9 Å². The van der Waals surface area contributed by atoms with E-state index in [1.807, 2.05) is 6.92 Å². The molecule has 1 aliphatic rings. The van der Waals surface area contributed by atoms with Crippen LogP contribution in [-0.4, -0.2) is 25.3 Å². The number of esters is 1. The summed E-state index contributed by atoms with van der Waals surface area (Å²) in [5.41, 5.74) is 1.10. The highest BCUT2D eigenvalue weighted by Gasteiger charge is 2.28. The lowest BCUT2D eigenvalue weighted by atomic mass is 9.82. The molecule has 0 radical (unpaired) electrons. The topological polar surface area (TPSA) is 44.8 Å². The minimum absolute atomic E-state index is 0.114. The van der Waals surface area contributed by atoms with Gasteiger partial charge in [0.15, 0.2) is 23.2 Å². The Morgan fingerprint density at radius 1 is 0.947 bits per heavy atom. The Labute approximate surface area is 221 Å². The number of hydrogen-bond donors (Lipinski definition) is 0. The highest BCUT2D eigenvalue weighted by molar-refractivity contribution is 5.91. The first-order valence-electron chi connectivity index (χ1n) is 12.9. The van der Waals surface area contributed by atoms with Crippen LogP contribution in [0, 0.1) is 17.5 Å². The summed E-state index contributed by atoms with van der Waals surface area (Å²) in [6.45, 7) is 6.51. The van der Waals surface area contributed by atoms with Crippen LogP contribution in [0.15, 0.2) is 67.3 Å². The van der Waals surface area contributed by atoms with Gasteiger partial charge in [0, 0.05) is 6.61 Å². The van der Waals surface area contributed by atoms with Gasteiger partial charge >= 0.3 is 5.97 Å². The Morgan fingerprint density at radius 2 is 1.66 bits per heavy atom. The molecule has 0 bridgehead atoms. The van der Waals surface area contributed by atoms with Crippen LogP contribution in [0.25, 0.3) is 11.1 Å². The lowest BCUT2D eigenvalue weighted by Gasteiger charge is -2.29. The van der Waals surface area contributed by atoms with Gasteiger partial charge in [0.25, 0.3) is 0 Å². The average Bonchev–Trinajstić information content (AvgIpc) is 2.92. The molecule has 4 rings (SSSR count). The molecule has 0 aliphatic heterocycles. The van der Waals surface area contributed by atoms with Crippen molar-refractivity contribution < 1.29 is 32.2 Å². The van der Waals surface area contributed by atoms with Gasteiger partial charge in [0.1, 0.15) is 5.75 Å². The molecule has 200 valence electrons. The summed E-state index contributed by atoms with van der Waals surface area (Å²) in [5.74, 6) is -3.51. The molecule has 3 aromatic rings. The van der Waals surface area contributed by atoms with Gasteiger partial charge in [0.2, 0.25) is 0 Å². The van der Waals surface area contributed by atoms with Gasteiger partial charge in [-0.15, -0.1) is 6.58 Å². The first kappa shape index (κ1) is 27.5. The van der Waals surface area contributed by atoms with Gasteiger partial charge in [-0.3, -0.25) is 0 Å². The first-order chi connectivity index (χ1) is 18.4. The highest BCUT2D eigenvalue weighted by atomic mass is 19.2. The van der Waals surface area contributed by atoms with Gasteiger partial charge in [0.05, 0.1) is 18.3 Å². The Kier molecular flexibility index (Phi) is 9.24. The third kappa shape index (κ3) is 6.45. The van der Waals surface area contributed by atoms with Gasteiger partial charge in [-0.1, -0.05) is 30.3 Å². The van der Waals surface area contributed by atoms with Crippen molar-refractivity contribution in [2.75, 3.05) is 13.2 Å². The summed E-state index contributed by atoms with van der Waals surface area (Å²) in [6, 6.07) is 13.7. The minimum atomic E-state index is -1.21. The van der Waals surface area contributed by atoms with Crippen LogP contribution >= 0.6 is 0 Å². The summed E-state index contributed by atoms with van der Waals surface area (Å²) in [4.78, 5) is 12.6. The molecule has 0 aromatic heterocycles. The Morgan fingerprint density at radius 3 is 2.32 bits per heavy atom. The number of hydrogen-bond acceptors (Lipinski definition) is 4. The second-order valence-corrected chi connectivity index (χ2v) is 9.24. The average molecular weight is 525 g/mol. The summed E-state index contributed by atoms with van der Waals surface area (Å²) >= 11 is 0. The maximum absolute atomic E-state index is 14.9. The SMILES string of the molecule is C=CCCOc1ccc(-c2ccc(OC(=O)c3ccc(C4CCC(OCC)CC4)c(F)c3F)cc2)cc1F. The van der Waals surface area contributed by atoms with Crippen LogP contribution in [-0.2, 0) is 4.74 Å². The van der Waals surface area contributed by atoms with E-state index in [2.05, 4.69) is 6.58 Å². The smallest absolute Gasteiger partial charge is 0.346 e. The number of halogens is 3. The first-order valence-corrected chi connectivity index (χ1v) is 12.9. The van der Waals surface area contributed by atoms with E-state index in [1.165, 1.54) is 30.3 Å². The van der Waals surface area contributed by atoms with E-state index in [-0.39, 0.29) is 29.1 Å². The monoisotopic (exact) mass is 524 g/mol. The molecule has 0 unspecified atom stereocenters. The Hall–Kier alpha value is -3.58. The van der Waals surface area contributed by atoms with Crippen molar-refractivity contribution in [3.63, 3.8) is 0 Å². The maximum Gasteiger partial charge on any atom is 0.346 e. The molecule has 3 aromatic carbocycles. The zero-order valence-electron chi connectivity index (χ0n) is 21.4. The van der Waals surface area contributed by atoms with Crippen LogP contribution in [0.4, 0.5) is 13.2 Å². The second-order valence-electron chi connectivity index (χ2n) is 9.24. The molecule has 0 spiro atoms. The number of carbonyl (C=O) groups excluding carboxylic acids is 1. The molecule has 4 nitrogen and oxygen atoms in total. The number of rotatable bonds is 10. The maximum atomic E-state index is 14.9. The Balaban J connectivity index is 1.41. The predicted octanol–water partition coefficient (Wildman–Crippen LogP) is 8.01. The highest BCUT2D eigenvalue weighted by Crippen LogP contribution is 2.36. The lowest BCUT2D eigenvalue weighted by Crippen LogP contribution is -2.22. The molecule has 1 fully saturated rings. The molecule has 0 N–H and O–H groups in total. The minimum Gasteiger partial charge on any atom is -0.490 e. The molecule has 38 heavy (non-hydrogen) atoms. The normalized spacial score (nSPS) is 17.2. The summed E-state index contributed by atoms with van der Waals surface area (Å²) < 4.78 is 60.5. The van der Waals surface area contributed by atoms with Crippen molar-refractivity contribution >= 4 is 5.97 Å². The fourth-order valence-electron chi connectivity index (χ4n) is 4.74. The molecule has 7 heteroatoms. The van der Waals surface area contributed by atoms with E-state index < -0.39 is 29.0 Å². The molecule has 0 amide bonds. The van der Waals surface area contributed by atoms with Crippen molar-refractivity contribution in [3.8, 4) is 22.6 Å². The number of ether oxygens (including phenoxy) is 3. The van der Waals surface area contributed by atoms with Crippen LogP contribution < -0.4 is 9.47 Å². The van der Waals surface area contributed by atoms with E-state index in [0.717, 1.165) is 12.8 Å². The quantitative estimate of drug-likeness (QED) is 0.117. The van der Waals surface area contributed by atoms with Crippen LogP contribution in [0.3, 0.4) is 0 Å². The predicted molar refractivity (Wildman–Crippen MR) is 140 cm³/mol. The third-order valence-corrected chi connectivity index (χ3v) is 6.76. The van der Waals surface area contributed by atoms with Gasteiger partial charge < -0.3 is 14.2 Å². The number of carbonyl (C=O) groups is 1. The molecule has 0 saturated heterocycles. The van der Waals surface area contributed by atoms with E-state index in [4.69, 9.17) is 14.2 Å². The Bertz CT molecular complexity index is 1260. The summed E-state index contributed by atoms with van der Waals surface area (Å²) in [5, 5.41) is 0. The fraction of sp³-hybridized carbons (Fsp3) is 0.323. The van der Waals surface area contributed by atoms with Gasteiger partial charge in [-0.2, -0.15) is 0 Å². The zero-order chi connectivity index (χ0) is 27.1. The van der Waals surface area contributed by atoms with Gasteiger partial charge in [-0.25, -0.2) is 18.0 Å². The van der Waals surface area contributed by atoms with Crippen LogP contribution in [0.5, 0.6) is 11.5 Å². The molecule has 0 atom stereocenters. The summed E-state index contributed by atoms with van der Waals surface area (Å²) in [7, 11) is 0. The zero-order valence-corrected chi connectivity index (χ0v) is 21.4. The molecular formula is C31H31F3O4. The van der Waals surface area contributed by atoms with Crippen molar-refractivity contribution in [1.29, 1.82) is 0 Å². The largest absolute Gasteiger partial charge is 0.490 e. The van der Waals surface area contributed by atoms with Crippen molar-refractivity contribution in [1.82, 2.24) is 0 Å². The number of benzene rings is 3. The van der Waals surface area contributed by atoms with E-state index >= 15 is 0 Å². The van der Waals surface area contributed by atoms with Crippen molar-refractivity contribution in [2.24, 2.45) is 0 Å². The van der Waals surface area contributed by atoms with Crippen molar-refractivity contribution in [2.45, 2.75) is 51.0 Å². The fourth-order valence-corrected chi connectivity index (χ4v) is 4.74. The lowest BCUT2D eigenvalue weighted by molar-refractivity contribution is 0.0325. The van der Waals surface area contributed by atoms with Crippen molar-refractivity contribution in [3.05, 3.63) is 95.8 Å². The van der Waals surface area contributed by atoms with E-state index in [1.54, 1.807) is 30.3 Å². The third-order valence-electron chi connectivity index (χ3n) is 6.76. The molecular weight excluding hydrogens is 493 g/mol. The molecule has 0 heterocycles. The van der Waals surface area contributed by atoms with E-state index in [0.29, 0.717) is 43.6 Å². The second kappa shape index (κ2) is 12.8. The standard InChI is InChI=1S/C31H31F3O4/c1-3-5-18-37-28-17-10-22(19-27(28)32)20-6-13-24(14-7-20)38-31(35)26-16-15-25(29(33)30(26)34)21-8-11-23(12-9-21)36-4-2/h3,6-7,10,13-17,19,21,23H,1,4-5,8-9,11-12,18H2,2H3. The van der Waals surface area contributed by atoms with Crippen LogP contribution in [0.2, 0.25) is 0 Å². The van der Waals surface area contributed by atoms with Gasteiger partial charge in [-0.05, 0) is 92.0 Å². The molecule has 1 saturated carbocycles. The van der Waals surface area contributed by atoms with E-state index in [9.17, 15) is 18.0 Å².